The van der Waals surface area contributed by atoms with Gasteiger partial charge in [0.2, 0.25) is 17.7 Å². The molecule has 1 aliphatic rings. The van der Waals surface area contributed by atoms with Gasteiger partial charge in [0.05, 0.1) is 6.61 Å². The molecule has 1 saturated carbocycles. The van der Waals surface area contributed by atoms with E-state index < -0.39 is 6.04 Å². The Kier molecular flexibility index (Phi) is 9.47. The van der Waals surface area contributed by atoms with Crippen LogP contribution in [0.5, 0.6) is 0 Å². The average molecular weight is 491 g/mol. The van der Waals surface area contributed by atoms with E-state index in [2.05, 4.69) is 15.8 Å². The van der Waals surface area contributed by atoms with E-state index >= 15 is 0 Å². The molecular weight excluding hydrogens is 460 g/mol. The van der Waals surface area contributed by atoms with Crippen molar-refractivity contribution in [1.82, 2.24) is 15.4 Å². The van der Waals surface area contributed by atoms with Crippen molar-refractivity contribution in [2.75, 3.05) is 25.6 Å². The topological polar surface area (TPSA) is 114 Å². The van der Waals surface area contributed by atoms with E-state index in [9.17, 15) is 14.4 Å². The number of aromatic nitrogens is 1. The number of ether oxygens (including phenoxy) is 1. The largest absolute Gasteiger partial charge is 0.383 e. The predicted molar refractivity (Wildman–Crippen MR) is 127 cm³/mol. The van der Waals surface area contributed by atoms with E-state index in [1.54, 1.807) is 37.3 Å². The van der Waals surface area contributed by atoms with E-state index in [-0.39, 0.29) is 49.8 Å². The Bertz CT molecular complexity index is 972. The third-order valence-electron chi connectivity index (χ3n) is 5.77. The Morgan fingerprint density at radius 2 is 1.91 bits per heavy atom. The second-order valence-electron chi connectivity index (χ2n) is 8.39. The molecule has 1 atom stereocenters. The molecule has 2 aromatic rings. The molecule has 1 aliphatic carbocycles. The lowest BCUT2D eigenvalue weighted by Gasteiger charge is -2.32. The summed E-state index contributed by atoms with van der Waals surface area (Å²) in [6.07, 6.45) is 3.85. The third kappa shape index (κ3) is 7.30. The molecule has 1 heterocycles. The Morgan fingerprint density at radius 3 is 2.53 bits per heavy atom. The number of halogens is 1. The van der Waals surface area contributed by atoms with Crippen LogP contribution in [-0.2, 0) is 19.1 Å². The number of benzene rings is 1. The quantitative estimate of drug-likeness (QED) is 0.497. The van der Waals surface area contributed by atoms with Crippen molar-refractivity contribution in [2.24, 2.45) is 0 Å². The fourth-order valence-corrected chi connectivity index (χ4v) is 4.18. The molecule has 10 heteroatoms. The molecular formula is C24H31ClN4O5. The van der Waals surface area contributed by atoms with Crippen LogP contribution in [0.4, 0.5) is 5.82 Å². The number of amides is 3. The molecule has 3 rings (SSSR count). The summed E-state index contributed by atoms with van der Waals surface area (Å²) in [7, 11) is 1.53. The number of anilines is 1. The van der Waals surface area contributed by atoms with E-state index in [1.807, 2.05) is 0 Å². The van der Waals surface area contributed by atoms with Gasteiger partial charge in [-0.2, -0.15) is 0 Å². The lowest BCUT2D eigenvalue weighted by atomic mass is 10.0. The smallest absolute Gasteiger partial charge is 0.247 e. The summed E-state index contributed by atoms with van der Waals surface area (Å²) in [6, 6.07) is 7.70. The van der Waals surface area contributed by atoms with Crippen molar-refractivity contribution in [3.05, 3.63) is 46.7 Å². The summed E-state index contributed by atoms with van der Waals surface area (Å²) in [5, 5.41) is 9.96. The highest BCUT2D eigenvalue weighted by Gasteiger charge is 2.33. The molecule has 184 valence electrons. The molecule has 0 bridgehead atoms. The van der Waals surface area contributed by atoms with Crippen molar-refractivity contribution in [2.45, 2.75) is 57.5 Å². The zero-order valence-corrected chi connectivity index (χ0v) is 20.3. The van der Waals surface area contributed by atoms with Crippen LogP contribution in [0.25, 0.3) is 0 Å². The number of hydrogen-bond acceptors (Lipinski definition) is 6. The Morgan fingerprint density at radius 1 is 1.21 bits per heavy atom. The average Bonchev–Trinajstić information content (AvgIpc) is 3.47. The summed E-state index contributed by atoms with van der Waals surface area (Å²) >= 11 is 6.05. The first-order valence-electron chi connectivity index (χ1n) is 11.4. The Balaban J connectivity index is 1.75. The molecule has 1 aromatic carbocycles. The van der Waals surface area contributed by atoms with Crippen molar-refractivity contribution in [1.29, 1.82) is 0 Å². The van der Waals surface area contributed by atoms with Gasteiger partial charge < -0.3 is 24.8 Å². The summed E-state index contributed by atoms with van der Waals surface area (Å²) in [5.74, 6) is -0.0876. The SMILES string of the molecule is COCCN(C(=O)CCC(=O)Nc1cc(C)on1)C(C(=O)NC1CCCC1)c1ccc(Cl)cc1. The van der Waals surface area contributed by atoms with Crippen molar-refractivity contribution in [3.63, 3.8) is 0 Å². The first kappa shape index (κ1) is 25.7. The molecule has 34 heavy (non-hydrogen) atoms. The molecule has 0 saturated heterocycles. The molecule has 1 fully saturated rings. The van der Waals surface area contributed by atoms with Crippen molar-refractivity contribution >= 4 is 35.1 Å². The second-order valence-corrected chi connectivity index (χ2v) is 8.83. The van der Waals surface area contributed by atoms with Gasteiger partial charge >= 0.3 is 0 Å². The molecule has 0 radical (unpaired) electrons. The normalized spacial score (nSPS) is 14.6. The summed E-state index contributed by atoms with van der Waals surface area (Å²) in [4.78, 5) is 40.5. The number of methoxy groups -OCH3 is 1. The standard InChI is InChI=1S/C24H31ClN4O5/c1-16-15-20(28-34-16)27-21(30)11-12-22(31)29(13-14-33-2)23(17-7-9-18(25)10-8-17)24(32)26-19-5-3-4-6-19/h7-10,15,19,23H,3-6,11-14H2,1-2H3,(H,26,32)(H,27,28,30). The Hall–Kier alpha value is -2.91. The number of nitrogens with one attached hydrogen (secondary N) is 2. The highest BCUT2D eigenvalue weighted by molar-refractivity contribution is 6.30. The molecule has 1 unspecified atom stereocenters. The number of carbonyl (C=O) groups is 3. The maximum atomic E-state index is 13.4. The summed E-state index contributed by atoms with van der Waals surface area (Å²) < 4.78 is 10.1. The van der Waals surface area contributed by atoms with Gasteiger partial charge in [0.1, 0.15) is 11.8 Å². The first-order chi connectivity index (χ1) is 16.4. The molecule has 3 amide bonds. The fraction of sp³-hybridized carbons (Fsp3) is 0.500. The number of rotatable bonds is 11. The van der Waals surface area contributed by atoms with E-state index in [0.29, 0.717) is 22.2 Å². The summed E-state index contributed by atoms with van der Waals surface area (Å²) in [5.41, 5.74) is 0.645. The van der Waals surface area contributed by atoms with Crippen molar-refractivity contribution < 1.29 is 23.6 Å². The van der Waals surface area contributed by atoms with Gasteiger partial charge in [0.15, 0.2) is 5.82 Å². The highest BCUT2D eigenvalue weighted by Crippen LogP contribution is 2.26. The zero-order chi connectivity index (χ0) is 24.5. The highest BCUT2D eigenvalue weighted by atomic mass is 35.5. The first-order valence-corrected chi connectivity index (χ1v) is 11.8. The number of carbonyl (C=O) groups excluding carboxylic acids is 3. The van der Waals surface area contributed by atoms with Crippen LogP contribution in [0, 0.1) is 6.92 Å². The maximum absolute atomic E-state index is 13.4. The van der Waals surface area contributed by atoms with Crippen LogP contribution in [-0.4, -0.2) is 54.1 Å². The lowest BCUT2D eigenvalue weighted by Crippen LogP contribution is -2.47. The fourth-order valence-electron chi connectivity index (χ4n) is 4.05. The number of aryl methyl sites for hydroxylation is 1. The van der Waals surface area contributed by atoms with Crippen molar-refractivity contribution in [3.8, 4) is 0 Å². The minimum Gasteiger partial charge on any atom is -0.383 e. The van der Waals surface area contributed by atoms with Crippen LogP contribution in [0.15, 0.2) is 34.9 Å². The minimum absolute atomic E-state index is 0.0637. The van der Waals surface area contributed by atoms with Gasteiger partial charge in [0, 0.05) is 43.6 Å². The monoisotopic (exact) mass is 490 g/mol. The van der Waals surface area contributed by atoms with Crippen LogP contribution in [0.2, 0.25) is 5.02 Å². The lowest BCUT2D eigenvalue weighted by molar-refractivity contribution is -0.142. The third-order valence-corrected chi connectivity index (χ3v) is 6.02. The minimum atomic E-state index is -0.859. The van der Waals surface area contributed by atoms with Gasteiger partial charge in [-0.15, -0.1) is 0 Å². The zero-order valence-electron chi connectivity index (χ0n) is 19.5. The van der Waals surface area contributed by atoms with E-state index in [1.165, 1.54) is 12.0 Å². The molecule has 1 aromatic heterocycles. The van der Waals surface area contributed by atoms with Crippen LogP contribution >= 0.6 is 11.6 Å². The second kappa shape index (κ2) is 12.5. The van der Waals surface area contributed by atoms with Gasteiger partial charge in [-0.25, -0.2) is 0 Å². The summed E-state index contributed by atoms with van der Waals surface area (Å²) in [6.45, 7) is 2.16. The van der Waals surface area contributed by atoms with E-state index in [0.717, 1.165) is 25.7 Å². The van der Waals surface area contributed by atoms with Gasteiger partial charge in [-0.1, -0.05) is 41.7 Å². The van der Waals surface area contributed by atoms with Crippen LogP contribution in [0.1, 0.15) is 55.9 Å². The van der Waals surface area contributed by atoms with Crippen LogP contribution in [0.3, 0.4) is 0 Å². The molecule has 0 spiro atoms. The van der Waals surface area contributed by atoms with Gasteiger partial charge in [-0.05, 0) is 37.5 Å². The predicted octanol–water partition coefficient (Wildman–Crippen LogP) is 3.63. The number of nitrogens with zero attached hydrogens (tertiary/aromatic N) is 2. The van der Waals surface area contributed by atoms with Crippen LogP contribution < -0.4 is 10.6 Å². The molecule has 0 aliphatic heterocycles. The van der Waals surface area contributed by atoms with E-state index in [4.69, 9.17) is 20.9 Å². The molecule has 2 N–H and O–H groups in total. The Labute approximate surface area is 204 Å². The number of hydrogen-bond donors (Lipinski definition) is 2. The maximum Gasteiger partial charge on any atom is 0.247 e. The van der Waals surface area contributed by atoms with Gasteiger partial charge in [-0.3, -0.25) is 14.4 Å². The van der Waals surface area contributed by atoms with Gasteiger partial charge in [0.25, 0.3) is 0 Å². The molecule has 9 nitrogen and oxygen atoms in total.